The van der Waals surface area contributed by atoms with E-state index in [-0.39, 0.29) is 11.9 Å². The minimum atomic E-state index is -0.484. The summed E-state index contributed by atoms with van der Waals surface area (Å²) < 4.78 is 0. The van der Waals surface area contributed by atoms with Gasteiger partial charge in [-0.05, 0) is 74.1 Å². The first-order chi connectivity index (χ1) is 12.0. The van der Waals surface area contributed by atoms with Gasteiger partial charge in [0, 0.05) is 16.9 Å². The van der Waals surface area contributed by atoms with Crippen LogP contribution in [0.5, 0.6) is 0 Å². The van der Waals surface area contributed by atoms with Crippen LogP contribution in [-0.4, -0.2) is 17.9 Å². The number of aryl methyl sites for hydroxylation is 1. The largest absolute Gasteiger partial charge is 0.374 e. The highest BCUT2D eigenvalue weighted by atomic mass is 16.2. The minimum Gasteiger partial charge on any atom is -0.374 e. The van der Waals surface area contributed by atoms with Crippen molar-refractivity contribution in [3.63, 3.8) is 0 Å². The highest BCUT2D eigenvalue weighted by Crippen LogP contribution is 2.28. The van der Waals surface area contributed by atoms with Crippen LogP contribution in [0.2, 0.25) is 0 Å². The molecule has 0 radical (unpaired) electrons. The molecule has 2 aromatic carbocycles. The zero-order valence-corrected chi connectivity index (χ0v) is 14.3. The molecule has 0 spiro atoms. The highest BCUT2D eigenvalue weighted by molar-refractivity contribution is 5.97. The van der Waals surface area contributed by atoms with Crippen LogP contribution in [0.25, 0.3) is 0 Å². The molecule has 0 fully saturated rings. The van der Waals surface area contributed by atoms with Gasteiger partial charge in [0.2, 0.25) is 11.8 Å². The summed E-state index contributed by atoms with van der Waals surface area (Å²) in [6, 6.07) is 12.4. The van der Waals surface area contributed by atoms with Crippen LogP contribution in [0.1, 0.15) is 41.3 Å². The topological polar surface area (TPSA) is 84.2 Å². The summed E-state index contributed by atoms with van der Waals surface area (Å²) in [6.07, 6.45) is 4.59. The first kappa shape index (κ1) is 17.0. The van der Waals surface area contributed by atoms with E-state index >= 15 is 0 Å². The van der Waals surface area contributed by atoms with Gasteiger partial charge in [0.05, 0.1) is 0 Å². The number of primary amides is 1. The van der Waals surface area contributed by atoms with E-state index in [0.29, 0.717) is 11.3 Å². The lowest BCUT2D eigenvalue weighted by Crippen LogP contribution is -2.32. The molecule has 0 saturated carbocycles. The van der Waals surface area contributed by atoms with Gasteiger partial charge in [-0.25, -0.2) is 0 Å². The molecule has 1 aliphatic carbocycles. The summed E-state index contributed by atoms with van der Waals surface area (Å²) >= 11 is 0. The van der Waals surface area contributed by atoms with Gasteiger partial charge in [-0.2, -0.15) is 0 Å². The fraction of sp³-hybridized carbons (Fsp3) is 0.300. The van der Waals surface area contributed by atoms with Crippen molar-refractivity contribution in [1.82, 2.24) is 0 Å². The Morgan fingerprint density at radius 1 is 1.04 bits per heavy atom. The first-order valence-corrected chi connectivity index (χ1v) is 8.62. The van der Waals surface area contributed by atoms with Gasteiger partial charge in [-0.1, -0.05) is 12.1 Å². The van der Waals surface area contributed by atoms with Crippen LogP contribution < -0.4 is 16.4 Å². The minimum absolute atomic E-state index is 0.125. The maximum atomic E-state index is 12.4. The molecule has 1 unspecified atom stereocenters. The molecule has 5 heteroatoms. The van der Waals surface area contributed by atoms with Crippen molar-refractivity contribution in [1.29, 1.82) is 0 Å². The summed E-state index contributed by atoms with van der Waals surface area (Å²) in [5, 5.41) is 6.19. The number of fused-ring (bicyclic) bond motifs is 1. The van der Waals surface area contributed by atoms with Gasteiger partial charge in [-0.15, -0.1) is 0 Å². The van der Waals surface area contributed by atoms with Gasteiger partial charge in [0.1, 0.15) is 6.04 Å². The summed E-state index contributed by atoms with van der Waals surface area (Å²) in [5.74, 6) is -0.609. The Balaban J connectivity index is 1.66. The molecule has 1 aliphatic rings. The molecule has 0 heterocycles. The normalized spacial score (nSPS) is 14.3. The average Bonchev–Trinajstić information content (AvgIpc) is 2.62. The monoisotopic (exact) mass is 337 g/mol. The molecule has 0 bridgehead atoms. The molecule has 2 amide bonds. The Kier molecular flexibility index (Phi) is 5.03. The lowest BCUT2D eigenvalue weighted by atomic mass is 9.90. The smallest absolute Gasteiger partial charge is 0.248 e. The number of carbonyl (C=O) groups excluding carboxylic acids is 2. The molecular formula is C20H23N3O2. The number of nitrogens with one attached hydrogen (secondary N) is 2. The van der Waals surface area contributed by atoms with Crippen molar-refractivity contribution >= 4 is 23.2 Å². The number of rotatable bonds is 5. The van der Waals surface area contributed by atoms with E-state index in [1.165, 1.54) is 24.0 Å². The third kappa shape index (κ3) is 3.99. The Morgan fingerprint density at radius 3 is 2.48 bits per heavy atom. The Morgan fingerprint density at radius 2 is 1.76 bits per heavy atom. The van der Waals surface area contributed by atoms with E-state index < -0.39 is 5.91 Å². The fourth-order valence-electron chi connectivity index (χ4n) is 3.18. The number of hydrogen-bond acceptors (Lipinski definition) is 3. The molecule has 0 aliphatic heterocycles. The average molecular weight is 337 g/mol. The fourth-order valence-corrected chi connectivity index (χ4v) is 3.18. The SMILES string of the molecule is CC(Nc1cccc2c1CCCC2)C(=O)Nc1ccc(C(N)=O)cc1. The van der Waals surface area contributed by atoms with Gasteiger partial charge in [0.25, 0.3) is 0 Å². The van der Waals surface area contributed by atoms with Crippen molar-refractivity contribution in [2.75, 3.05) is 10.6 Å². The number of hydrogen-bond donors (Lipinski definition) is 3. The van der Waals surface area contributed by atoms with Crippen LogP contribution in [0.4, 0.5) is 11.4 Å². The second-order valence-corrected chi connectivity index (χ2v) is 6.45. The number of nitrogens with two attached hydrogens (primary N) is 1. The number of amides is 2. The van der Waals surface area contributed by atoms with Crippen molar-refractivity contribution in [2.24, 2.45) is 5.73 Å². The third-order valence-corrected chi connectivity index (χ3v) is 4.60. The van der Waals surface area contributed by atoms with E-state index in [9.17, 15) is 9.59 Å². The Hall–Kier alpha value is -2.82. The molecular weight excluding hydrogens is 314 g/mol. The molecule has 0 saturated heterocycles. The van der Waals surface area contributed by atoms with Crippen molar-refractivity contribution < 1.29 is 9.59 Å². The molecule has 1 atom stereocenters. The number of carbonyl (C=O) groups is 2. The van der Waals surface area contributed by atoms with Gasteiger partial charge < -0.3 is 16.4 Å². The summed E-state index contributed by atoms with van der Waals surface area (Å²) in [7, 11) is 0. The van der Waals surface area contributed by atoms with Crippen LogP contribution in [0, 0.1) is 0 Å². The molecule has 3 rings (SSSR count). The highest BCUT2D eigenvalue weighted by Gasteiger charge is 2.17. The van der Waals surface area contributed by atoms with Crippen molar-refractivity contribution in [3.8, 4) is 0 Å². The lowest BCUT2D eigenvalue weighted by Gasteiger charge is -2.22. The molecule has 2 aromatic rings. The number of anilines is 2. The zero-order valence-electron chi connectivity index (χ0n) is 14.3. The molecule has 130 valence electrons. The van der Waals surface area contributed by atoms with Crippen LogP contribution in [0.3, 0.4) is 0 Å². The predicted molar refractivity (Wildman–Crippen MR) is 99.8 cm³/mol. The van der Waals surface area contributed by atoms with Crippen molar-refractivity contribution in [3.05, 3.63) is 59.2 Å². The second-order valence-electron chi connectivity index (χ2n) is 6.45. The molecule has 5 nitrogen and oxygen atoms in total. The maximum absolute atomic E-state index is 12.4. The van der Waals surface area contributed by atoms with Crippen LogP contribution in [0.15, 0.2) is 42.5 Å². The lowest BCUT2D eigenvalue weighted by molar-refractivity contribution is -0.116. The summed E-state index contributed by atoms with van der Waals surface area (Å²) in [5.41, 5.74) is 10.0. The summed E-state index contributed by atoms with van der Waals surface area (Å²) in [6.45, 7) is 1.84. The van der Waals surface area contributed by atoms with Gasteiger partial charge >= 0.3 is 0 Å². The van der Waals surface area contributed by atoms with E-state index in [1.54, 1.807) is 24.3 Å². The van der Waals surface area contributed by atoms with E-state index in [2.05, 4.69) is 16.7 Å². The number of benzene rings is 2. The van der Waals surface area contributed by atoms with E-state index in [4.69, 9.17) is 5.73 Å². The van der Waals surface area contributed by atoms with Crippen LogP contribution >= 0.6 is 0 Å². The zero-order chi connectivity index (χ0) is 17.8. The second kappa shape index (κ2) is 7.38. The molecule has 25 heavy (non-hydrogen) atoms. The third-order valence-electron chi connectivity index (χ3n) is 4.60. The van der Waals surface area contributed by atoms with Gasteiger partial charge in [0.15, 0.2) is 0 Å². The Labute approximate surface area is 147 Å². The van der Waals surface area contributed by atoms with E-state index in [1.807, 2.05) is 19.1 Å². The predicted octanol–water partition coefficient (Wildman–Crippen LogP) is 3.10. The van der Waals surface area contributed by atoms with Crippen LogP contribution in [-0.2, 0) is 17.6 Å². The molecule has 0 aromatic heterocycles. The van der Waals surface area contributed by atoms with Gasteiger partial charge in [-0.3, -0.25) is 9.59 Å². The summed E-state index contributed by atoms with van der Waals surface area (Å²) in [4.78, 5) is 23.5. The standard InChI is InChI=1S/C20H23N3O2/c1-13(20(25)23-16-11-9-15(10-12-16)19(21)24)22-18-8-4-6-14-5-2-3-7-17(14)18/h4,6,8-13,22H,2-3,5,7H2,1H3,(H2,21,24)(H,23,25). The maximum Gasteiger partial charge on any atom is 0.248 e. The Bertz CT molecular complexity index is 784. The molecule has 4 N–H and O–H groups in total. The first-order valence-electron chi connectivity index (χ1n) is 8.62. The quantitative estimate of drug-likeness (QED) is 0.784. The van der Waals surface area contributed by atoms with Crippen molar-refractivity contribution in [2.45, 2.75) is 38.6 Å². The van der Waals surface area contributed by atoms with E-state index in [0.717, 1.165) is 18.5 Å².